The maximum absolute atomic E-state index is 12.2. The van der Waals surface area contributed by atoms with Gasteiger partial charge in [0.05, 0.1) is 0 Å². The Morgan fingerprint density at radius 2 is 2.00 bits per heavy atom. The molecular formula is C15H21F2NO3S. The van der Waals surface area contributed by atoms with E-state index in [1.54, 1.807) is 19.1 Å². The van der Waals surface area contributed by atoms with Crippen LogP contribution in [-0.2, 0) is 21.3 Å². The maximum atomic E-state index is 12.2. The smallest absolute Gasteiger partial charge is 0.387 e. The molecule has 0 fully saturated rings. The van der Waals surface area contributed by atoms with Crippen LogP contribution < -0.4 is 10.1 Å². The summed E-state index contributed by atoms with van der Waals surface area (Å²) < 4.78 is 40.9. The first-order valence-electron chi connectivity index (χ1n) is 6.81. The highest BCUT2D eigenvalue weighted by Crippen LogP contribution is 2.18. The van der Waals surface area contributed by atoms with Gasteiger partial charge in [0.2, 0.25) is 5.91 Å². The highest BCUT2D eigenvalue weighted by Gasteiger charge is 2.24. The van der Waals surface area contributed by atoms with Crippen LogP contribution in [0.4, 0.5) is 8.78 Å². The van der Waals surface area contributed by atoms with Crippen molar-refractivity contribution in [2.45, 2.75) is 50.8 Å². The van der Waals surface area contributed by atoms with E-state index >= 15 is 0 Å². The van der Waals surface area contributed by atoms with Crippen LogP contribution in [0, 0.1) is 0 Å². The fourth-order valence-electron chi connectivity index (χ4n) is 1.69. The second-order valence-corrected chi connectivity index (χ2v) is 7.69. The number of halogens is 2. The number of rotatable bonds is 6. The van der Waals surface area contributed by atoms with E-state index in [1.165, 1.54) is 12.1 Å². The summed E-state index contributed by atoms with van der Waals surface area (Å²) in [5.41, 5.74) is 0.174. The standard InChI is InChI=1S/C15H21F2NO3S/c1-10(13(19)18-15(2,3)4)22(20)9-11-6-5-7-12(8-11)21-14(16)17/h5-8,10,14H,9H2,1-4H3,(H,18,19). The molecule has 22 heavy (non-hydrogen) atoms. The average molecular weight is 333 g/mol. The summed E-state index contributed by atoms with van der Waals surface area (Å²) >= 11 is 0. The molecule has 124 valence electrons. The summed E-state index contributed by atoms with van der Waals surface area (Å²) in [4.78, 5) is 12.0. The molecule has 0 bridgehead atoms. The first-order valence-corrected chi connectivity index (χ1v) is 8.19. The van der Waals surface area contributed by atoms with E-state index in [4.69, 9.17) is 0 Å². The zero-order valence-electron chi connectivity index (χ0n) is 13.1. The summed E-state index contributed by atoms with van der Waals surface area (Å²) in [5, 5.41) is 2.07. The number of hydrogen-bond donors (Lipinski definition) is 1. The van der Waals surface area contributed by atoms with Gasteiger partial charge in [-0.25, -0.2) is 0 Å². The number of carbonyl (C=O) groups is 1. The predicted octanol–water partition coefficient (Wildman–Crippen LogP) is 2.84. The molecular weight excluding hydrogens is 312 g/mol. The minimum atomic E-state index is -2.91. The van der Waals surface area contributed by atoms with Gasteiger partial charge in [-0.3, -0.25) is 9.00 Å². The normalized spacial score (nSPS) is 14.5. The second-order valence-electron chi connectivity index (χ2n) is 5.93. The number of amides is 1. The van der Waals surface area contributed by atoms with Crippen LogP contribution >= 0.6 is 0 Å². The van der Waals surface area contributed by atoms with E-state index < -0.39 is 28.2 Å². The van der Waals surface area contributed by atoms with E-state index in [2.05, 4.69) is 10.1 Å². The van der Waals surface area contributed by atoms with Crippen molar-refractivity contribution in [1.29, 1.82) is 0 Å². The van der Waals surface area contributed by atoms with Crippen LogP contribution in [0.3, 0.4) is 0 Å². The molecule has 0 heterocycles. The van der Waals surface area contributed by atoms with Crippen molar-refractivity contribution >= 4 is 16.7 Å². The number of benzene rings is 1. The molecule has 1 aromatic rings. The van der Waals surface area contributed by atoms with Crippen LogP contribution in [0.15, 0.2) is 24.3 Å². The molecule has 0 aromatic heterocycles. The molecule has 0 spiro atoms. The van der Waals surface area contributed by atoms with Crippen molar-refractivity contribution in [2.24, 2.45) is 0 Å². The average Bonchev–Trinajstić information content (AvgIpc) is 2.35. The highest BCUT2D eigenvalue weighted by atomic mass is 32.2. The van der Waals surface area contributed by atoms with E-state index in [9.17, 15) is 17.8 Å². The molecule has 1 amide bonds. The Hall–Kier alpha value is -1.50. The van der Waals surface area contributed by atoms with Gasteiger partial charge in [-0.2, -0.15) is 8.78 Å². The Kier molecular flexibility index (Phi) is 6.47. The lowest BCUT2D eigenvalue weighted by molar-refractivity contribution is -0.121. The van der Waals surface area contributed by atoms with E-state index in [1.807, 2.05) is 20.8 Å². The van der Waals surface area contributed by atoms with Gasteiger partial charge in [-0.05, 0) is 45.4 Å². The minimum Gasteiger partial charge on any atom is -0.435 e. The lowest BCUT2D eigenvalue weighted by Gasteiger charge is -2.23. The second kappa shape index (κ2) is 7.67. The molecule has 1 N–H and O–H groups in total. The SMILES string of the molecule is CC(C(=O)NC(C)(C)C)S(=O)Cc1cccc(OC(F)F)c1. The van der Waals surface area contributed by atoms with Gasteiger partial charge in [0.15, 0.2) is 0 Å². The zero-order chi connectivity index (χ0) is 16.9. The third kappa shape index (κ3) is 6.51. The van der Waals surface area contributed by atoms with Crippen LogP contribution in [0.5, 0.6) is 5.75 Å². The summed E-state index contributed by atoms with van der Waals surface area (Å²) in [7, 11) is -1.46. The van der Waals surface area contributed by atoms with Crippen molar-refractivity contribution in [3.8, 4) is 5.75 Å². The van der Waals surface area contributed by atoms with Gasteiger partial charge in [-0.15, -0.1) is 0 Å². The van der Waals surface area contributed by atoms with Gasteiger partial charge in [0, 0.05) is 22.1 Å². The van der Waals surface area contributed by atoms with Crippen molar-refractivity contribution in [2.75, 3.05) is 0 Å². The van der Waals surface area contributed by atoms with E-state index in [0.29, 0.717) is 5.56 Å². The molecule has 1 rings (SSSR count). The third-order valence-electron chi connectivity index (χ3n) is 2.69. The van der Waals surface area contributed by atoms with Crippen LogP contribution in [-0.4, -0.2) is 27.5 Å². The molecule has 0 aliphatic rings. The lowest BCUT2D eigenvalue weighted by Crippen LogP contribution is -2.46. The van der Waals surface area contributed by atoms with Gasteiger partial charge in [0.1, 0.15) is 11.0 Å². The monoisotopic (exact) mass is 333 g/mol. The number of carbonyl (C=O) groups excluding carboxylic acids is 1. The van der Waals surface area contributed by atoms with Crippen molar-refractivity contribution in [1.82, 2.24) is 5.32 Å². The first-order chi connectivity index (χ1) is 10.1. The Bertz CT molecular complexity index is 544. The molecule has 2 atom stereocenters. The minimum absolute atomic E-state index is 0.0105. The summed E-state index contributed by atoms with van der Waals surface area (Å²) in [6.07, 6.45) is 0. The Labute approximate surface area is 131 Å². The molecule has 0 aliphatic carbocycles. The van der Waals surface area contributed by atoms with Crippen LogP contribution in [0.2, 0.25) is 0 Å². The number of alkyl halides is 2. The highest BCUT2D eigenvalue weighted by molar-refractivity contribution is 7.85. The molecule has 0 saturated carbocycles. The molecule has 7 heteroatoms. The first kappa shape index (κ1) is 18.5. The van der Waals surface area contributed by atoms with Crippen molar-refractivity contribution in [3.05, 3.63) is 29.8 Å². The predicted molar refractivity (Wildman–Crippen MR) is 82.3 cm³/mol. The van der Waals surface area contributed by atoms with Gasteiger partial charge in [0.25, 0.3) is 0 Å². The number of nitrogens with one attached hydrogen (secondary N) is 1. The van der Waals surface area contributed by atoms with Gasteiger partial charge in [-0.1, -0.05) is 12.1 Å². The number of hydrogen-bond acceptors (Lipinski definition) is 3. The summed E-state index contributed by atoms with van der Waals surface area (Å²) in [5.74, 6) is -0.193. The van der Waals surface area contributed by atoms with Crippen LogP contribution in [0.25, 0.3) is 0 Å². The molecule has 0 aliphatic heterocycles. The molecule has 1 aromatic carbocycles. The Morgan fingerprint density at radius 1 is 1.36 bits per heavy atom. The topological polar surface area (TPSA) is 55.4 Å². The van der Waals surface area contributed by atoms with Gasteiger partial charge < -0.3 is 10.1 Å². The maximum Gasteiger partial charge on any atom is 0.387 e. The summed E-state index contributed by atoms with van der Waals surface area (Å²) in [6, 6.07) is 6.00. The lowest BCUT2D eigenvalue weighted by atomic mass is 10.1. The fraction of sp³-hybridized carbons (Fsp3) is 0.533. The van der Waals surface area contributed by atoms with Gasteiger partial charge >= 0.3 is 6.61 Å². The number of ether oxygens (including phenoxy) is 1. The molecule has 0 saturated heterocycles. The van der Waals surface area contributed by atoms with Crippen LogP contribution in [0.1, 0.15) is 33.3 Å². The fourth-order valence-corrected chi connectivity index (χ4v) is 2.75. The van der Waals surface area contributed by atoms with Crippen molar-refractivity contribution < 1.29 is 22.5 Å². The summed E-state index contributed by atoms with van der Waals surface area (Å²) in [6.45, 7) is 4.19. The third-order valence-corrected chi connectivity index (χ3v) is 4.31. The Morgan fingerprint density at radius 3 is 2.55 bits per heavy atom. The largest absolute Gasteiger partial charge is 0.435 e. The molecule has 4 nitrogen and oxygen atoms in total. The van der Waals surface area contributed by atoms with E-state index in [0.717, 1.165) is 0 Å². The Balaban J connectivity index is 2.70. The van der Waals surface area contributed by atoms with E-state index in [-0.39, 0.29) is 17.4 Å². The zero-order valence-corrected chi connectivity index (χ0v) is 13.9. The van der Waals surface area contributed by atoms with Crippen molar-refractivity contribution in [3.63, 3.8) is 0 Å². The molecule has 2 unspecified atom stereocenters. The quantitative estimate of drug-likeness (QED) is 0.871. The molecule has 0 radical (unpaired) electrons.